The fourth-order valence-corrected chi connectivity index (χ4v) is 4.05. The summed E-state index contributed by atoms with van der Waals surface area (Å²) in [6.07, 6.45) is 4.31. The van der Waals surface area contributed by atoms with E-state index in [4.69, 9.17) is 0 Å². The molecular weight excluding hydrogens is 291 g/mol. The monoisotopic (exact) mass is 321 g/mol. The molecule has 0 aliphatic carbocycles. The van der Waals surface area contributed by atoms with Gasteiger partial charge in [-0.05, 0) is 50.5 Å². The molecular formula is C19H30FN2O+. The number of likely N-dealkylation sites (tertiary alicyclic amines) is 1. The number of benzene rings is 1. The predicted molar refractivity (Wildman–Crippen MR) is 93.0 cm³/mol. The lowest BCUT2D eigenvalue weighted by Gasteiger charge is -2.40. The van der Waals surface area contributed by atoms with E-state index in [-0.39, 0.29) is 17.8 Å². The molecule has 0 aromatic heterocycles. The average Bonchev–Trinajstić information content (AvgIpc) is 2.98. The van der Waals surface area contributed by atoms with Crippen LogP contribution in [0, 0.1) is 19.7 Å². The Balaban J connectivity index is 2.25. The Bertz CT molecular complexity index is 541. The van der Waals surface area contributed by atoms with Crippen LogP contribution in [0.2, 0.25) is 0 Å². The number of nitrogens with zero attached hydrogens (tertiary/aromatic N) is 1. The van der Waals surface area contributed by atoms with Gasteiger partial charge in [0.25, 0.3) is 5.91 Å². The molecule has 1 aliphatic heterocycles. The van der Waals surface area contributed by atoms with E-state index in [1.165, 1.54) is 25.0 Å². The standard InChI is InChI=1S/C19H29FN2O/c1-5-9-17(22(6-2)10-7-8-11-22)19(23)21-18-14(3)12-16(20)13-15(18)4/h12-13,17H,5-11H2,1-4H3/p+1. The molecule has 1 heterocycles. The number of hydrogen-bond acceptors (Lipinski definition) is 1. The molecule has 0 spiro atoms. The van der Waals surface area contributed by atoms with Gasteiger partial charge in [-0.1, -0.05) is 6.92 Å². The minimum absolute atomic E-state index is 0.00338. The van der Waals surface area contributed by atoms with E-state index in [2.05, 4.69) is 19.2 Å². The number of hydrogen-bond donors (Lipinski definition) is 1. The Kier molecular flexibility index (Phi) is 5.79. The van der Waals surface area contributed by atoms with Crippen LogP contribution in [0.3, 0.4) is 0 Å². The number of aryl methyl sites for hydroxylation is 2. The third-order valence-electron chi connectivity index (χ3n) is 5.36. The van der Waals surface area contributed by atoms with Crippen molar-refractivity contribution in [3.63, 3.8) is 0 Å². The Morgan fingerprint density at radius 2 is 1.78 bits per heavy atom. The SMILES string of the molecule is CCCC(C(=O)Nc1c(C)cc(F)cc1C)[N+]1(CC)CCCC1. The summed E-state index contributed by atoms with van der Waals surface area (Å²) in [6.45, 7) is 11.2. The van der Waals surface area contributed by atoms with Crippen LogP contribution in [-0.4, -0.2) is 36.1 Å². The van der Waals surface area contributed by atoms with Crippen LogP contribution in [0.15, 0.2) is 12.1 Å². The predicted octanol–water partition coefficient (Wildman–Crippen LogP) is 4.18. The summed E-state index contributed by atoms with van der Waals surface area (Å²) in [6, 6.07) is 2.96. The van der Waals surface area contributed by atoms with Crippen LogP contribution in [0.5, 0.6) is 0 Å². The molecule has 1 aromatic rings. The highest BCUT2D eigenvalue weighted by molar-refractivity contribution is 5.95. The maximum Gasteiger partial charge on any atom is 0.282 e. The number of carbonyl (C=O) groups excluding carboxylic acids is 1. The number of nitrogens with one attached hydrogen (secondary N) is 1. The highest BCUT2D eigenvalue weighted by Crippen LogP contribution is 2.28. The van der Waals surface area contributed by atoms with Crippen molar-refractivity contribution in [3.05, 3.63) is 29.1 Å². The van der Waals surface area contributed by atoms with Gasteiger partial charge >= 0.3 is 0 Å². The maximum absolute atomic E-state index is 13.5. The molecule has 1 aromatic carbocycles. The second-order valence-electron chi connectivity index (χ2n) is 6.90. The fourth-order valence-electron chi connectivity index (χ4n) is 4.05. The third kappa shape index (κ3) is 3.74. The van der Waals surface area contributed by atoms with Crippen molar-refractivity contribution >= 4 is 11.6 Å². The van der Waals surface area contributed by atoms with Gasteiger partial charge in [-0.2, -0.15) is 0 Å². The average molecular weight is 321 g/mol. The number of likely N-dealkylation sites (N-methyl/N-ethyl adjacent to an activating group) is 1. The Hall–Kier alpha value is -1.42. The molecule has 2 rings (SSSR count). The first kappa shape index (κ1) is 17.9. The number of amides is 1. The largest absolute Gasteiger partial charge is 0.320 e. The lowest BCUT2D eigenvalue weighted by molar-refractivity contribution is -0.930. The normalized spacial score (nSPS) is 18.0. The summed E-state index contributed by atoms with van der Waals surface area (Å²) in [4.78, 5) is 13.0. The molecule has 1 aliphatic rings. The second-order valence-corrected chi connectivity index (χ2v) is 6.90. The van der Waals surface area contributed by atoms with Crippen molar-refractivity contribution < 1.29 is 13.7 Å². The third-order valence-corrected chi connectivity index (χ3v) is 5.36. The van der Waals surface area contributed by atoms with E-state index in [9.17, 15) is 9.18 Å². The molecule has 0 bridgehead atoms. The molecule has 4 heteroatoms. The van der Waals surface area contributed by atoms with Gasteiger partial charge in [-0.25, -0.2) is 4.39 Å². The summed E-state index contributed by atoms with van der Waals surface area (Å²) in [5, 5.41) is 3.11. The number of anilines is 1. The minimum Gasteiger partial charge on any atom is -0.320 e. The number of carbonyl (C=O) groups is 1. The van der Waals surface area contributed by atoms with Crippen molar-refractivity contribution in [1.29, 1.82) is 0 Å². The Morgan fingerprint density at radius 3 is 2.26 bits per heavy atom. The fraction of sp³-hybridized carbons (Fsp3) is 0.632. The van der Waals surface area contributed by atoms with Crippen molar-refractivity contribution in [3.8, 4) is 0 Å². The van der Waals surface area contributed by atoms with Crippen LogP contribution in [0.25, 0.3) is 0 Å². The summed E-state index contributed by atoms with van der Waals surface area (Å²) in [7, 11) is 0. The maximum atomic E-state index is 13.5. The summed E-state index contributed by atoms with van der Waals surface area (Å²) >= 11 is 0. The molecule has 0 radical (unpaired) electrons. The first-order valence-corrected chi connectivity index (χ1v) is 8.87. The van der Waals surface area contributed by atoms with Crippen molar-refractivity contribution in [2.45, 2.75) is 59.4 Å². The van der Waals surface area contributed by atoms with Crippen molar-refractivity contribution in [2.75, 3.05) is 25.0 Å². The molecule has 1 unspecified atom stereocenters. The lowest BCUT2D eigenvalue weighted by Crippen LogP contribution is -2.58. The highest BCUT2D eigenvalue weighted by atomic mass is 19.1. The van der Waals surface area contributed by atoms with Gasteiger partial charge in [-0.3, -0.25) is 4.79 Å². The van der Waals surface area contributed by atoms with Crippen LogP contribution in [0.4, 0.5) is 10.1 Å². The van der Waals surface area contributed by atoms with Gasteiger partial charge in [0.2, 0.25) is 0 Å². The van der Waals surface area contributed by atoms with E-state index in [1.54, 1.807) is 0 Å². The highest BCUT2D eigenvalue weighted by Gasteiger charge is 2.42. The topological polar surface area (TPSA) is 29.1 Å². The van der Waals surface area contributed by atoms with Crippen LogP contribution >= 0.6 is 0 Å². The Morgan fingerprint density at radius 1 is 1.22 bits per heavy atom. The van der Waals surface area contributed by atoms with Gasteiger partial charge in [0.1, 0.15) is 5.82 Å². The molecule has 23 heavy (non-hydrogen) atoms. The van der Waals surface area contributed by atoms with Gasteiger partial charge in [-0.15, -0.1) is 0 Å². The summed E-state index contributed by atoms with van der Waals surface area (Å²) in [5.74, 6) is -0.159. The van der Waals surface area contributed by atoms with E-state index >= 15 is 0 Å². The van der Waals surface area contributed by atoms with Crippen LogP contribution in [0.1, 0.15) is 50.7 Å². The van der Waals surface area contributed by atoms with Crippen LogP contribution < -0.4 is 5.32 Å². The van der Waals surface area contributed by atoms with Crippen molar-refractivity contribution in [1.82, 2.24) is 0 Å². The van der Waals surface area contributed by atoms with Gasteiger partial charge in [0.15, 0.2) is 6.04 Å². The zero-order chi connectivity index (χ0) is 17.0. The van der Waals surface area contributed by atoms with E-state index < -0.39 is 0 Å². The number of halogens is 1. The molecule has 1 N–H and O–H groups in total. The summed E-state index contributed by atoms with van der Waals surface area (Å²) in [5.41, 5.74) is 2.34. The van der Waals surface area contributed by atoms with E-state index in [0.29, 0.717) is 0 Å². The molecule has 3 nitrogen and oxygen atoms in total. The smallest absolute Gasteiger partial charge is 0.282 e. The molecule has 1 atom stereocenters. The zero-order valence-electron chi connectivity index (χ0n) is 14.9. The Labute approximate surface area is 139 Å². The van der Waals surface area contributed by atoms with Gasteiger partial charge in [0, 0.05) is 24.9 Å². The lowest BCUT2D eigenvalue weighted by atomic mass is 10.0. The molecule has 0 saturated carbocycles. The van der Waals surface area contributed by atoms with E-state index in [0.717, 1.165) is 53.8 Å². The quantitative estimate of drug-likeness (QED) is 0.783. The molecule has 1 fully saturated rings. The number of quaternary nitrogens is 1. The van der Waals surface area contributed by atoms with Gasteiger partial charge < -0.3 is 9.80 Å². The molecule has 1 saturated heterocycles. The summed E-state index contributed by atoms with van der Waals surface area (Å²) < 4.78 is 14.4. The van der Waals surface area contributed by atoms with Crippen molar-refractivity contribution in [2.24, 2.45) is 0 Å². The van der Waals surface area contributed by atoms with E-state index in [1.807, 2.05) is 13.8 Å². The zero-order valence-corrected chi connectivity index (χ0v) is 14.9. The number of rotatable bonds is 6. The second kappa shape index (κ2) is 7.43. The van der Waals surface area contributed by atoms with Crippen LogP contribution in [-0.2, 0) is 4.79 Å². The first-order chi connectivity index (χ1) is 10.9. The first-order valence-electron chi connectivity index (χ1n) is 8.87. The molecule has 128 valence electrons. The van der Waals surface area contributed by atoms with Gasteiger partial charge in [0.05, 0.1) is 19.6 Å². The minimum atomic E-state index is -0.250. The molecule has 1 amide bonds.